The molecular weight excluding hydrogens is 649 g/mol. The van der Waals surface area contributed by atoms with Gasteiger partial charge in [-0.05, 0) is 104 Å². The van der Waals surface area contributed by atoms with Crippen molar-refractivity contribution in [1.82, 2.24) is 14.9 Å². The number of aromatic nitrogens is 2. The van der Waals surface area contributed by atoms with Gasteiger partial charge in [0.15, 0.2) is 11.6 Å². The average molecular weight is 703 g/mol. The number of anilines is 2. The van der Waals surface area contributed by atoms with Gasteiger partial charge in [-0.3, -0.25) is 4.90 Å². The van der Waals surface area contributed by atoms with E-state index < -0.39 is 0 Å². The van der Waals surface area contributed by atoms with E-state index in [4.69, 9.17) is 52.1 Å². The molecule has 0 spiro atoms. The maximum absolute atomic E-state index is 6.45. The standard InChI is InChI=1S/C37H53Cl2N5O4/c1-35(2,3)46-24-42-15-17-43(18-16-42)33-13-10-28(22-40-33)29-21-32(45-19-14-27-20-30(38)11-12-31(27)39)34(41-23-29)44(25-47-36(4,5)6)26-48-37(7,8)9/h10-13,20-23H,14-19,24-26H2,1-9H3. The van der Waals surface area contributed by atoms with E-state index in [1.165, 1.54) is 0 Å². The number of piperazine rings is 1. The van der Waals surface area contributed by atoms with E-state index in [0.29, 0.717) is 41.4 Å². The molecule has 3 aromatic rings. The SMILES string of the molecule is CC(C)(C)OCN1CCN(c2ccc(-c3cnc(N(COC(C)(C)C)COC(C)(C)C)c(OCCc4cc(Cl)ccc4Cl)c3)cn2)CC1. The minimum absolute atomic E-state index is 0.144. The number of rotatable bonds is 13. The first kappa shape index (κ1) is 38.1. The minimum atomic E-state index is -0.357. The highest BCUT2D eigenvalue weighted by Gasteiger charge is 2.23. The van der Waals surface area contributed by atoms with E-state index in [9.17, 15) is 0 Å². The van der Waals surface area contributed by atoms with Gasteiger partial charge >= 0.3 is 0 Å². The molecule has 2 aromatic heterocycles. The first-order valence-electron chi connectivity index (χ1n) is 16.6. The van der Waals surface area contributed by atoms with Crippen LogP contribution in [0.2, 0.25) is 10.0 Å². The second-order valence-electron chi connectivity index (χ2n) is 15.1. The third kappa shape index (κ3) is 12.3. The fraction of sp³-hybridized carbons (Fsp3) is 0.568. The number of ether oxygens (including phenoxy) is 4. The van der Waals surface area contributed by atoms with Gasteiger partial charge in [0.05, 0.1) is 30.1 Å². The third-order valence-electron chi connectivity index (χ3n) is 7.53. The number of pyridine rings is 2. The number of halogens is 2. The van der Waals surface area contributed by atoms with Crippen LogP contribution in [-0.4, -0.2) is 84.6 Å². The summed E-state index contributed by atoms with van der Waals surface area (Å²) in [6, 6.07) is 11.6. The molecule has 0 saturated carbocycles. The molecule has 0 bridgehead atoms. The maximum atomic E-state index is 6.45. The van der Waals surface area contributed by atoms with Crippen molar-refractivity contribution in [1.29, 1.82) is 0 Å². The van der Waals surface area contributed by atoms with Gasteiger partial charge in [-0.1, -0.05) is 23.2 Å². The molecular formula is C37H53Cl2N5O4. The highest BCUT2D eigenvalue weighted by Crippen LogP contribution is 2.33. The lowest BCUT2D eigenvalue weighted by Gasteiger charge is -2.36. The van der Waals surface area contributed by atoms with Crippen LogP contribution >= 0.6 is 23.2 Å². The van der Waals surface area contributed by atoms with Gasteiger partial charge in [0.1, 0.15) is 19.3 Å². The van der Waals surface area contributed by atoms with E-state index in [1.54, 1.807) is 12.1 Å². The van der Waals surface area contributed by atoms with Crippen molar-refractivity contribution < 1.29 is 18.9 Å². The zero-order chi connectivity index (χ0) is 35.1. The van der Waals surface area contributed by atoms with Crippen molar-refractivity contribution in [3.05, 3.63) is 64.4 Å². The molecule has 1 aromatic carbocycles. The van der Waals surface area contributed by atoms with Crippen LogP contribution in [0.25, 0.3) is 11.1 Å². The molecule has 1 saturated heterocycles. The molecule has 0 unspecified atom stereocenters. The average Bonchev–Trinajstić information content (AvgIpc) is 3.01. The van der Waals surface area contributed by atoms with Crippen molar-refractivity contribution in [2.24, 2.45) is 0 Å². The van der Waals surface area contributed by atoms with E-state index in [1.807, 2.05) is 71.0 Å². The monoisotopic (exact) mass is 701 g/mol. The van der Waals surface area contributed by atoms with Crippen LogP contribution in [0, 0.1) is 0 Å². The summed E-state index contributed by atoms with van der Waals surface area (Å²) in [6.07, 6.45) is 4.33. The highest BCUT2D eigenvalue weighted by molar-refractivity contribution is 6.33. The lowest BCUT2D eigenvalue weighted by Crippen LogP contribution is -2.48. The van der Waals surface area contributed by atoms with Crippen LogP contribution in [0.15, 0.2) is 48.8 Å². The Balaban J connectivity index is 1.55. The number of hydrogen-bond acceptors (Lipinski definition) is 9. The molecule has 4 rings (SSSR count). The molecule has 0 atom stereocenters. The Kier molecular flexibility index (Phi) is 13.0. The second-order valence-corrected chi connectivity index (χ2v) is 15.9. The Bertz CT molecular complexity index is 1440. The van der Waals surface area contributed by atoms with Gasteiger partial charge in [0.2, 0.25) is 0 Å². The smallest absolute Gasteiger partial charge is 0.175 e. The minimum Gasteiger partial charge on any atom is -0.489 e. The fourth-order valence-corrected chi connectivity index (χ4v) is 5.19. The molecule has 264 valence electrons. The predicted octanol–water partition coefficient (Wildman–Crippen LogP) is 8.32. The van der Waals surface area contributed by atoms with E-state index in [-0.39, 0.29) is 30.3 Å². The third-order valence-corrected chi connectivity index (χ3v) is 8.14. The van der Waals surface area contributed by atoms with Crippen LogP contribution in [0.4, 0.5) is 11.6 Å². The van der Waals surface area contributed by atoms with Crippen molar-refractivity contribution >= 4 is 34.8 Å². The molecule has 0 amide bonds. The van der Waals surface area contributed by atoms with Crippen LogP contribution < -0.4 is 14.5 Å². The molecule has 0 N–H and O–H groups in total. The number of benzene rings is 1. The van der Waals surface area contributed by atoms with Crippen LogP contribution in [0.3, 0.4) is 0 Å². The zero-order valence-corrected chi connectivity index (χ0v) is 31.6. The Hall–Kier alpha value is -2.66. The topological polar surface area (TPSA) is 72.4 Å². The summed E-state index contributed by atoms with van der Waals surface area (Å²) >= 11 is 12.7. The lowest BCUT2D eigenvalue weighted by molar-refractivity contribution is -0.0645. The molecule has 1 aliphatic heterocycles. The zero-order valence-electron chi connectivity index (χ0n) is 30.1. The van der Waals surface area contributed by atoms with Gasteiger partial charge in [-0.15, -0.1) is 0 Å². The van der Waals surface area contributed by atoms with Gasteiger partial charge in [0, 0.05) is 66.2 Å². The first-order valence-corrected chi connectivity index (χ1v) is 17.4. The predicted molar refractivity (Wildman–Crippen MR) is 197 cm³/mol. The lowest BCUT2D eigenvalue weighted by atomic mass is 10.1. The van der Waals surface area contributed by atoms with E-state index in [0.717, 1.165) is 48.7 Å². The van der Waals surface area contributed by atoms with Gasteiger partial charge < -0.3 is 28.7 Å². The van der Waals surface area contributed by atoms with Gasteiger partial charge in [0.25, 0.3) is 0 Å². The van der Waals surface area contributed by atoms with Gasteiger partial charge in [-0.2, -0.15) is 0 Å². The summed E-state index contributed by atoms with van der Waals surface area (Å²) in [5, 5.41) is 1.29. The summed E-state index contributed by atoms with van der Waals surface area (Å²) in [5.41, 5.74) is 1.90. The van der Waals surface area contributed by atoms with Crippen molar-refractivity contribution in [2.75, 3.05) is 62.8 Å². The van der Waals surface area contributed by atoms with Crippen molar-refractivity contribution in [2.45, 2.75) is 85.5 Å². The summed E-state index contributed by atoms with van der Waals surface area (Å²) in [7, 11) is 0. The second kappa shape index (κ2) is 16.4. The molecule has 48 heavy (non-hydrogen) atoms. The maximum Gasteiger partial charge on any atom is 0.175 e. The molecule has 0 aliphatic carbocycles. The number of hydrogen-bond donors (Lipinski definition) is 0. The Labute approximate surface area is 297 Å². The van der Waals surface area contributed by atoms with Crippen molar-refractivity contribution in [3.63, 3.8) is 0 Å². The fourth-order valence-electron chi connectivity index (χ4n) is 4.78. The molecule has 11 heteroatoms. The number of nitrogens with zero attached hydrogens (tertiary/aromatic N) is 5. The summed E-state index contributed by atoms with van der Waals surface area (Å²) < 4.78 is 24.8. The normalized spacial score (nSPS) is 14.8. The van der Waals surface area contributed by atoms with E-state index in [2.05, 4.69) is 42.7 Å². The molecule has 1 aliphatic rings. The highest BCUT2D eigenvalue weighted by atomic mass is 35.5. The molecule has 0 radical (unpaired) electrons. The largest absolute Gasteiger partial charge is 0.489 e. The summed E-state index contributed by atoms with van der Waals surface area (Å²) in [5.74, 6) is 2.19. The van der Waals surface area contributed by atoms with Gasteiger partial charge in [-0.25, -0.2) is 9.97 Å². The Morgan fingerprint density at radius 3 is 1.94 bits per heavy atom. The molecule has 1 fully saturated rings. The van der Waals surface area contributed by atoms with Crippen LogP contribution in [0.1, 0.15) is 67.9 Å². The molecule has 3 heterocycles. The first-order chi connectivity index (χ1) is 22.5. The van der Waals surface area contributed by atoms with Crippen LogP contribution in [0.5, 0.6) is 5.75 Å². The Morgan fingerprint density at radius 1 is 0.729 bits per heavy atom. The summed E-state index contributed by atoms with van der Waals surface area (Å²) in [4.78, 5) is 16.4. The quantitative estimate of drug-likeness (QED) is 0.164. The summed E-state index contributed by atoms with van der Waals surface area (Å²) in [6.45, 7) is 23.6. The van der Waals surface area contributed by atoms with Crippen LogP contribution in [-0.2, 0) is 20.6 Å². The Morgan fingerprint density at radius 2 is 1.35 bits per heavy atom. The molecule has 9 nitrogen and oxygen atoms in total. The van der Waals surface area contributed by atoms with E-state index >= 15 is 0 Å². The van der Waals surface area contributed by atoms with Crippen molar-refractivity contribution in [3.8, 4) is 16.9 Å².